The summed E-state index contributed by atoms with van der Waals surface area (Å²) in [5.74, 6) is 0.349. The second-order valence-electron chi connectivity index (χ2n) is 7.43. The summed E-state index contributed by atoms with van der Waals surface area (Å²) < 4.78 is 38.9. The molecule has 1 aromatic rings. The zero-order chi connectivity index (χ0) is 20.2. The van der Waals surface area contributed by atoms with Crippen LogP contribution in [-0.4, -0.2) is 55.5 Å². The van der Waals surface area contributed by atoms with Gasteiger partial charge in [-0.25, -0.2) is 0 Å². The molecule has 1 N–H and O–H groups in total. The molecule has 0 radical (unpaired) electrons. The molecule has 0 aromatic heterocycles. The number of anilines is 1. The van der Waals surface area contributed by atoms with E-state index in [1.165, 1.54) is 6.07 Å². The number of benzene rings is 1. The van der Waals surface area contributed by atoms with Crippen molar-refractivity contribution < 1.29 is 18.0 Å². The fraction of sp³-hybridized carbons (Fsp3) is 0.632. The number of hydrogen-bond acceptors (Lipinski definition) is 3. The number of likely N-dealkylation sites (tertiary alicyclic amines) is 1. The van der Waals surface area contributed by atoms with E-state index >= 15 is 0 Å². The highest BCUT2D eigenvalue weighted by Gasteiger charge is 2.34. The minimum Gasteiger partial charge on any atom is -0.325 e. The zero-order valence-electron chi connectivity index (χ0n) is 15.9. The first-order valence-electron chi connectivity index (χ1n) is 9.14. The Labute approximate surface area is 163 Å². The predicted molar refractivity (Wildman–Crippen MR) is 102 cm³/mol. The van der Waals surface area contributed by atoms with Crippen molar-refractivity contribution in [3.05, 3.63) is 28.8 Å². The van der Waals surface area contributed by atoms with Crippen LogP contribution in [0.15, 0.2) is 18.2 Å². The molecule has 152 valence electrons. The molecule has 1 amide bonds. The van der Waals surface area contributed by atoms with E-state index in [4.69, 9.17) is 11.6 Å². The van der Waals surface area contributed by atoms with E-state index in [-0.39, 0.29) is 16.6 Å². The van der Waals surface area contributed by atoms with Gasteiger partial charge in [-0.2, -0.15) is 13.2 Å². The van der Waals surface area contributed by atoms with Crippen LogP contribution in [0.1, 0.15) is 31.7 Å². The molecule has 1 heterocycles. The normalized spacial score (nSPS) is 17.9. The number of alkyl halides is 3. The van der Waals surface area contributed by atoms with E-state index < -0.39 is 17.8 Å². The molecule has 1 unspecified atom stereocenters. The van der Waals surface area contributed by atoms with Crippen LogP contribution < -0.4 is 5.32 Å². The maximum Gasteiger partial charge on any atom is 0.417 e. The minimum absolute atomic E-state index is 0.101. The van der Waals surface area contributed by atoms with Gasteiger partial charge in [0.15, 0.2) is 0 Å². The van der Waals surface area contributed by atoms with E-state index in [0.717, 1.165) is 51.0 Å². The summed E-state index contributed by atoms with van der Waals surface area (Å²) in [6.45, 7) is 4.48. The molecule has 4 nitrogen and oxygen atoms in total. The lowest BCUT2D eigenvalue weighted by molar-refractivity contribution is -0.137. The topological polar surface area (TPSA) is 35.6 Å². The SMILES string of the molecule is CC(C(=O)Nc1ccc(Cl)c(C(F)(F)F)c1)N1CCC(CCN(C)C)CC1. The molecule has 1 atom stereocenters. The van der Waals surface area contributed by atoms with E-state index in [1.807, 2.05) is 0 Å². The van der Waals surface area contributed by atoms with Crippen LogP contribution >= 0.6 is 11.6 Å². The smallest absolute Gasteiger partial charge is 0.325 e. The summed E-state index contributed by atoms with van der Waals surface area (Å²) in [6, 6.07) is 3.02. The van der Waals surface area contributed by atoms with Crippen LogP contribution in [0.3, 0.4) is 0 Å². The summed E-state index contributed by atoms with van der Waals surface area (Å²) in [7, 11) is 4.12. The van der Waals surface area contributed by atoms with Crippen molar-refractivity contribution in [3.63, 3.8) is 0 Å². The second kappa shape index (κ2) is 9.26. The molecular formula is C19H27ClF3N3O. The van der Waals surface area contributed by atoms with Crippen molar-refractivity contribution in [3.8, 4) is 0 Å². The maximum absolute atomic E-state index is 13.0. The molecule has 0 aliphatic carbocycles. The quantitative estimate of drug-likeness (QED) is 0.764. The summed E-state index contributed by atoms with van der Waals surface area (Å²) in [6.07, 6.45) is -1.35. The Bertz CT molecular complexity index is 644. The molecular weight excluding hydrogens is 379 g/mol. The fourth-order valence-electron chi connectivity index (χ4n) is 3.30. The van der Waals surface area contributed by atoms with Gasteiger partial charge >= 0.3 is 6.18 Å². The summed E-state index contributed by atoms with van der Waals surface area (Å²) >= 11 is 5.62. The van der Waals surface area contributed by atoms with Crippen molar-refractivity contribution >= 4 is 23.2 Å². The molecule has 0 spiro atoms. The fourth-order valence-corrected chi connectivity index (χ4v) is 3.53. The number of amides is 1. The predicted octanol–water partition coefficient (Wildman–Crippen LogP) is 4.35. The Balaban J connectivity index is 1.91. The standard InChI is InChI=1S/C19H27ClF3N3O/c1-13(26-10-7-14(8-11-26)6-9-25(2)3)18(27)24-15-4-5-17(20)16(12-15)19(21,22)23/h4-5,12-14H,6-11H2,1-3H3,(H,24,27). The number of carbonyl (C=O) groups is 1. The van der Waals surface area contributed by atoms with Crippen molar-refractivity contribution in [2.24, 2.45) is 5.92 Å². The Hall–Kier alpha value is -1.31. The Morgan fingerprint density at radius 1 is 1.33 bits per heavy atom. The number of nitrogens with one attached hydrogen (secondary N) is 1. The van der Waals surface area contributed by atoms with Gasteiger partial charge in [-0.1, -0.05) is 11.6 Å². The van der Waals surface area contributed by atoms with Gasteiger partial charge in [-0.3, -0.25) is 9.69 Å². The van der Waals surface area contributed by atoms with E-state index in [1.54, 1.807) is 6.92 Å². The van der Waals surface area contributed by atoms with Gasteiger partial charge < -0.3 is 10.2 Å². The summed E-state index contributed by atoms with van der Waals surface area (Å²) in [5, 5.41) is 2.20. The molecule has 27 heavy (non-hydrogen) atoms. The average molecular weight is 406 g/mol. The van der Waals surface area contributed by atoms with Crippen molar-refractivity contribution in [1.82, 2.24) is 9.80 Å². The Kier molecular flexibility index (Phi) is 7.54. The number of halogens is 4. The lowest BCUT2D eigenvalue weighted by atomic mass is 9.92. The lowest BCUT2D eigenvalue weighted by Gasteiger charge is -2.35. The van der Waals surface area contributed by atoms with Crippen LogP contribution in [0, 0.1) is 5.92 Å². The van der Waals surface area contributed by atoms with E-state index in [2.05, 4.69) is 29.2 Å². The van der Waals surface area contributed by atoms with E-state index in [9.17, 15) is 18.0 Å². The molecule has 1 aliphatic heterocycles. The molecule has 1 saturated heterocycles. The highest BCUT2D eigenvalue weighted by molar-refractivity contribution is 6.31. The van der Waals surface area contributed by atoms with Gasteiger partial charge in [0, 0.05) is 5.69 Å². The molecule has 2 rings (SSSR count). The third-order valence-corrected chi connectivity index (χ3v) is 5.43. The van der Waals surface area contributed by atoms with Crippen LogP contribution in [0.2, 0.25) is 5.02 Å². The van der Waals surface area contributed by atoms with Gasteiger partial charge in [0.05, 0.1) is 16.6 Å². The Morgan fingerprint density at radius 3 is 2.52 bits per heavy atom. The monoisotopic (exact) mass is 405 g/mol. The molecule has 0 bridgehead atoms. The third-order valence-electron chi connectivity index (χ3n) is 5.10. The first kappa shape index (κ1) is 22.0. The highest BCUT2D eigenvalue weighted by atomic mass is 35.5. The summed E-state index contributed by atoms with van der Waals surface area (Å²) in [4.78, 5) is 16.7. The lowest BCUT2D eigenvalue weighted by Crippen LogP contribution is -2.46. The number of carbonyl (C=O) groups excluding carboxylic acids is 1. The molecule has 0 saturated carbocycles. The Morgan fingerprint density at radius 2 is 1.96 bits per heavy atom. The zero-order valence-corrected chi connectivity index (χ0v) is 16.7. The molecule has 1 fully saturated rings. The average Bonchev–Trinajstić information content (AvgIpc) is 2.60. The van der Waals surface area contributed by atoms with Crippen molar-refractivity contribution in [2.75, 3.05) is 39.0 Å². The second-order valence-corrected chi connectivity index (χ2v) is 7.84. The number of hydrogen-bond donors (Lipinski definition) is 1. The summed E-state index contributed by atoms with van der Waals surface area (Å²) in [5.41, 5.74) is -0.847. The van der Waals surface area contributed by atoms with Gasteiger partial charge in [-0.15, -0.1) is 0 Å². The molecule has 1 aromatic carbocycles. The van der Waals surface area contributed by atoms with Gasteiger partial charge in [0.25, 0.3) is 0 Å². The van der Waals surface area contributed by atoms with Gasteiger partial charge in [0.1, 0.15) is 0 Å². The highest BCUT2D eigenvalue weighted by Crippen LogP contribution is 2.36. The third kappa shape index (κ3) is 6.36. The molecule has 8 heteroatoms. The van der Waals surface area contributed by atoms with Crippen molar-refractivity contribution in [2.45, 2.75) is 38.4 Å². The van der Waals surface area contributed by atoms with Crippen LogP contribution in [-0.2, 0) is 11.0 Å². The number of rotatable bonds is 6. The first-order valence-corrected chi connectivity index (χ1v) is 9.52. The van der Waals surface area contributed by atoms with Gasteiger partial charge in [0.2, 0.25) is 5.91 Å². The largest absolute Gasteiger partial charge is 0.417 e. The van der Waals surface area contributed by atoms with Crippen molar-refractivity contribution in [1.29, 1.82) is 0 Å². The molecule has 1 aliphatic rings. The van der Waals surface area contributed by atoms with Crippen LogP contribution in [0.25, 0.3) is 0 Å². The van der Waals surface area contributed by atoms with Crippen LogP contribution in [0.5, 0.6) is 0 Å². The minimum atomic E-state index is -4.56. The van der Waals surface area contributed by atoms with E-state index in [0.29, 0.717) is 5.92 Å². The first-order chi connectivity index (χ1) is 12.6. The number of nitrogens with zero attached hydrogens (tertiary/aromatic N) is 2. The van der Waals surface area contributed by atoms with Crippen LogP contribution in [0.4, 0.5) is 18.9 Å². The van der Waals surface area contributed by atoms with Gasteiger partial charge in [-0.05, 0) is 84.0 Å². The number of piperidine rings is 1. The maximum atomic E-state index is 13.0.